The largest absolute Gasteiger partial charge is 0.493 e. The number of carbonyl (C=O) groups is 1. The fraction of sp³-hybridized carbons (Fsp3) is 0.250. The summed E-state index contributed by atoms with van der Waals surface area (Å²) in [5.41, 5.74) is 2.13. The van der Waals surface area contributed by atoms with Crippen molar-refractivity contribution in [2.24, 2.45) is 0 Å². The molecular formula is C16H17NO2. The highest BCUT2D eigenvalue weighted by Crippen LogP contribution is 2.22. The van der Waals surface area contributed by atoms with Gasteiger partial charge in [-0.2, -0.15) is 0 Å². The number of aryl methyl sites for hydroxylation is 1. The van der Waals surface area contributed by atoms with Gasteiger partial charge in [-0.3, -0.25) is 9.78 Å². The number of pyridine rings is 1. The van der Waals surface area contributed by atoms with Crippen LogP contribution >= 0.6 is 0 Å². The van der Waals surface area contributed by atoms with Crippen LogP contribution in [-0.2, 0) is 0 Å². The number of nitrogens with zero attached hydrogens (tertiary/aromatic N) is 1. The normalized spacial score (nSPS) is 10.2. The summed E-state index contributed by atoms with van der Waals surface area (Å²) in [6.45, 7) is 4.55. The number of hydrogen-bond donors (Lipinski definition) is 0. The van der Waals surface area contributed by atoms with Gasteiger partial charge in [0.1, 0.15) is 5.75 Å². The minimum absolute atomic E-state index is 0.0442. The van der Waals surface area contributed by atoms with Crippen LogP contribution in [0.5, 0.6) is 5.75 Å². The third-order valence-corrected chi connectivity index (χ3v) is 2.88. The number of ether oxygens (including phenoxy) is 1. The van der Waals surface area contributed by atoms with Crippen LogP contribution in [0.3, 0.4) is 0 Å². The Labute approximate surface area is 113 Å². The third-order valence-electron chi connectivity index (χ3n) is 2.88. The van der Waals surface area contributed by atoms with E-state index in [0.717, 1.165) is 12.0 Å². The Morgan fingerprint density at radius 1 is 1.21 bits per heavy atom. The van der Waals surface area contributed by atoms with Crippen LogP contribution < -0.4 is 4.74 Å². The highest BCUT2D eigenvalue weighted by molar-refractivity contribution is 6.11. The first kappa shape index (κ1) is 13.3. The molecule has 3 nitrogen and oxygen atoms in total. The molecule has 2 rings (SSSR count). The molecule has 1 heterocycles. The molecule has 0 N–H and O–H groups in total. The standard InChI is InChI=1S/C16H17NO2/c1-3-10-19-15-7-5-4-6-13(15)16(18)14-11-17-9-8-12(14)2/h4-9,11H,3,10H2,1-2H3. The lowest BCUT2D eigenvalue weighted by Crippen LogP contribution is -2.07. The molecule has 0 spiro atoms. The monoisotopic (exact) mass is 255 g/mol. The van der Waals surface area contributed by atoms with Gasteiger partial charge in [0.2, 0.25) is 0 Å². The first-order valence-electron chi connectivity index (χ1n) is 6.41. The fourth-order valence-corrected chi connectivity index (χ4v) is 1.84. The van der Waals surface area contributed by atoms with E-state index in [1.807, 2.05) is 38.1 Å². The molecule has 0 unspecified atom stereocenters. The third kappa shape index (κ3) is 2.99. The molecule has 0 saturated carbocycles. The smallest absolute Gasteiger partial charge is 0.198 e. The zero-order valence-electron chi connectivity index (χ0n) is 11.2. The van der Waals surface area contributed by atoms with Crippen molar-refractivity contribution < 1.29 is 9.53 Å². The summed E-state index contributed by atoms with van der Waals surface area (Å²) in [5.74, 6) is 0.593. The maximum Gasteiger partial charge on any atom is 0.198 e. The lowest BCUT2D eigenvalue weighted by molar-refractivity contribution is 0.103. The summed E-state index contributed by atoms with van der Waals surface area (Å²) in [6.07, 6.45) is 4.20. The number of benzene rings is 1. The van der Waals surface area contributed by atoms with Gasteiger partial charge in [-0.1, -0.05) is 19.1 Å². The Bertz CT molecular complexity index is 578. The average molecular weight is 255 g/mol. The fourth-order valence-electron chi connectivity index (χ4n) is 1.84. The van der Waals surface area contributed by atoms with E-state index in [4.69, 9.17) is 4.74 Å². The topological polar surface area (TPSA) is 39.2 Å². The number of carbonyl (C=O) groups excluding carboxylic acids is 1. The molecule has 0 bridgehead atoms. The van der Waals surface area contributed by atoms with Crippen molar-refractivity contribution in [3.63, 3.8) is 0 Å². The van der Waals surface area contributed by atoms with Gasteiger partial charge >= 0.3 is 0 Å². The molecule has 0 aliphatic rings. The van der Waals surface area contributed by atoms with Crippen LogP contribution in [0.25, 0.3) is 0 Å². The van der Waals surface area contributed by atoms with E-state index in [9.17, 15) is 4.79 Å². The van der Waals surface area contributed by atoms with Crippen LogP contribution in [0, 0.1) is 6.92 Å². The summed E-state index contributed by atoms with van der Waals surface area (Å²) < 4.78 is 5.63. The molecule has 0 atom stereocenters. The van der Waals surface area contributed by atoms with E-state index >= 15 is 0 Å². The maximum absolute atomic E-state index is 12.5. The highest BCUT2D eigenvalue weighted by atomic mass is 16.5. The summed E-state index contributed by atoms with van der Waals surface area (Å²) in [4.78, 5) is 16.6. The summed E-state index contributed by atoms with van der Waals surface area (Å²) in [7, 11) is 0. The van der Waals surface area contributed by atoms with Gasteiger partial charge in [-0.15, -0.1) is 0 Å². The Balaban J connectivity index is 2.36. The first-order chi connectivity index (χ1) is 9.24. The van der Waals surface area contributed by atoms with Crippen LogP contribution in [0.1, 0.15) is 34.8 Å². The molecule has 0 aliphatic heterocycles. The second-order valence-electron chi connectivity index (χ2n) is 4.36. The quantitative estimate of drug-likeness (QED) is 0.768. The van der Waals surface area contributed by atoms with Gasteiger partial charge in [-0.25, -0.2) is 0 Å². The second-order valence-corrected chi connectivity index (χ2v) is 4.36. The molecule has 98 valence electrons. The van der Waals surface area contributed by atoms with Crippen molar-refractivity contribution in [2.75, 3.05) is 6.61 Å². The number of hydrogen-bond acceptors (Lipinski definition) is 3. The Kier molecular flexibility index (Phi) is 4.29. The summed E-state index contributed by atoms with van der Waals surface area (Å²) in [5, 5.41) is 0. The summed E-state index contributed by atoms with van der Waals surface area (Å²) >= 11 is 0. The Morgan fingerprint density at radius 2 is 2.00 bits per heavy atom. The van der Waals surface area contributed by atoms with Gasteiger partial charge in [0.25, 0.3) is 0 Å². The molecule has 19 heavy (non-hydrogen) atoms. The molecule has 3 heteroatoms. The highest BCUT2D eigenvalue weighted by Gasteiger charge is 2.16. The molecule has 1 aromatic carbocycles. The van der Waals surface area contributed by atoms with Crippen LogP contribution in [-0.4, -0.2) is 17.4 Å². The SMILES string of the molecule is CCCOc1ccccc1C(=O)c1cnccc1C. The van der Waals surface area contributed by atoms with Gasteiger partial charge < -0.3 is 4.74 Å². The number of rotatable bonds is 5. The van der Waals surface area contributed by atoms with Crippen LogP contribution in [0.4, 0.5) is 0 Å². The van der Waals surface area contributed by atoms with Crippen molar-refractivity contribution in [1.82, 2.24) is 4.98 Å². The summed E-state index contributed by atoms with van der Waals surface area (Å²) in [6, 6.07) is 9.17. The minimum Gasteiger partial charge on any atom is -0.493 e. The van der Waals surface area contributed by atoms with Crippen molar-refractivity contribution in [2.45, 2.75) is 20.3 Å². The predicted octanol–water partition coefficient (Wildman–Crippen LogP) is 3.41. The van der Waals surface area contributed by atoms with E-state index < -0.39 is 0 Å². The molecule has 1 aromatic heterocycles. The number of aromatic nitrogens is 1. The lowest BCUT2D eigenvalue weighted by atomic mass is 10.0. The van der Waals surface area contributed by atoms with Gasteiger partial charge in [0, 0.05) is 18.0 Å². The van der Waals surface area contributed by atoms with Gasteiger partial charge in [0.15, 0.2) is 5.78 Å². The van der Waals surface area contributed by atoms with Crippen molar-refractivity contribution >= 4 is 5.78 Å². The number of ketones is 1. The van der Waals surface area contributed by atoms with E-state index in [-0.39, 0.29) is 5.78 Å². The average Bonchev–Trinajstić information content (AvgIpc) is 2.45. The minimum atomic E-state index is -0.0442. The lowest BCUT2D eigenvalue weighted by Gasteiger charge is -2.10. The molecule has 0 radical (unpaired) electrons. The van der Waals surface area contributed by atoms with E-state index in [1.54, 1.807) is 18.5 Å². The van der Waals surface area contributed by atoms with Gasteiger partial charge in [-0.05, 0) is 37.1 Å². The van der Waals surface area contributed by atoms with Gasteiger partial charge in [0.05, 0.1) is 12.2 Å². The van der Waals surface area contributed by atoms with E-state index in [0.29, 0.717) is 23.5 Å². The molecule has 0 saturated heterocycles. The molecular weight excluding hydrogens is 238 g/mol. The predicted molar refractivity (Wildman–Crippen MR) is 74.6 cm³/mol. The van der Waals surface area contributed by atoms with Crippen molar-refractivity contribution in [1.29, 1.82) is 0 Å². The molecule has 0 amide bonds. The van der Waals surface area contributed by atoms with Crippen LogP contribution in [0.2, 0.25) is 0 Å². The molecule has 0 aliphatic carbocycles. The first-order valence-corrected chi connectivity index (χ1v) is 6.41. The number of para-hydroxylation sites is 1. The van der Waals surface area contributed by atoms with Crippen molar-refractivity contribution in [3.8, 4) is 5.75 Å². The Morgan fingerprint density at radius 3 is 2.74 bits per heavy atom. The zero-order chi connectivity index (χ0) is 13.7. The Hall–Kier alpha value is -2.16. The zero-order valence-corrected chi connectivity index (χ0v) is 11.2. The van der Waals surface area contributed by atoms with E-state index in [1.165, 1.54) is 0 Å². The maximum atomic E-state index is 12.5. The van der Waals surface area contributed by atoms with Crippen molar-refractivity contribution in [3.05, 3.63) is 59.4 Å². The molecule has 0 fully saturated rings. The molecule has 2 aromatic rings. The second kappa shape index (κ2) is 6.14. The van der Waals surface area contributed by atoms with E-state index in [2.05, 4.69) is 4.98 Å². The van der Waals surface area contributed by atoms with Crippen LogP contribution in [0.15, 0.2) is 42.7 Å².